The number of piperazine rings is 1. The highest BCUT2D eigenvalue weighted by molar-refractivity contribution is 5.93. The average molecular weight is 370 g/mol. The first-order valence-electron chi connectivity index (χ1n) is 8.83. The Bertz CT molecular complexity index is 760. The van der Waals surface area contributed by atoms with Crippen LogP contribution in [0.4, 0.5) is 10.7 Å². The summed E-state index contributed by atoms with van der Waals surface area (Å²) in [6.45, 7) is 4.52. The highest BCUT2D eigenvalue weighted by atomic mass is 16.6. The number of carbonyl (C=O) groups excluding carboxylic acids is 2. The number of nitrogens with zero attached hydrogens (tertiary/aromatic N) is 5. The molecule has 0 radical (unpaired) electrons. The molecule has 0 spiro atoms. The first-order valence-corrected chi connectivity index (χ1v) is 8.83. The van der Waals surface area contributed by atoms with Crippen molar-refractivity contribution in [2.45, 2.75) is 13.5 Å². The molecule has 0 bridgehead atoms. The fraction of sp³-hybridized carbons (Fsp3) is 0.389. The van der Waals surface area contributed by atoms with Crippen LogP contribution in [0.5, 0.6) is 0 Å². The molecule has 9 heteroatoms. The SMILES string of the molecule is CCOC(=O)N1CCN(C(=O)c2cnc(NCc3ccncc3)nc2)CC1. The van der Waals surface area contributed by atoms with Crippen molar-refractivity contribution in [2.75, 3.05) is 38.1 Å². The predicted molar refractivity (Wildman–Crippen MR) is 98.1 cm³/mol. The van der Waals surface area contributed by atoms with Gasteiger partial charge in [-0.15, -0.1) is 0 Å². The van der Waals surface area contributed by atoms with Gasteiger partial charge in [-0.05, 0) is 24.6 Å². The Labute approximate surface area is 157 Å². The predicted octanol–water partition coefficient (Wildman–Crippen LogP) is 1.40. The molecule has 9 nitrogen and oxygen atoms in total. The molecule has 1 saturated heterocycles. The number of amides is 2. The largest absolute Gasteiger partial charge is 0.450 e. The lowest BCUT2D eigenvalue weighted by molar-refractivity contribution is 0.0570. The van der Waals surface area contributed by atoms with Gasteiger partial charge in [-0.2, -0.15) is 0 Å². The summed E-state index contributed by atoms with van der Waals surface area (Å²) in [5, 5.41) is 3.10. The molecule has 2 aromatic heterocycles. The van der Waals surface area contributed by atoms with E-state index in [9.17, 15) is 9.59 Å². The van der Waals surface area contributed by atoms with Gasteiger partial charge in [0.1, 0.15) is 0 Å². The van der Waals surface area contributed by atoms with E-state index in [1.54, 1.807) is 29.1 Å². The second-order valence-electron chi connectivity index (χ2n) is 5.98. The number of rotatable bonds is 5. The maximum absolute atomic E-state index is 12.6. The van der Waals surface area contributed by atoms with Gasteiger partial charge in [-0.3, -0.25) is 9.78 Å². The second-order valence-corrected chi connectivity index (χ2v) is 5.98. The van der Waals surface area contributed by atoms with Crippen LogP contribution in [0, 0.1) is 0 Å². The number of aromatic nitrogens is 3. The van der Waals surface area contributed by atoms with Gasteiger partial charge in [-0.1, -0.05) is 0 Å². The summed E-state index contributed by atoms with van der Waals surface area (Å²) < 4.78 is 4.98. The number of anilines is 1. The number of ether oxygens (including phenoxy) is 1. The minimum Gasteiger partial charge on any atom is -0.450 e. The Kier molecular flexibility index (Phi) is 6.14. The molecule has 27 heavy (non-hydrogen) atoms. The van der Waals surface area contributed by atoms with Gasteiger partial charge in [0, 0.05) is 57.5 Å². The number of hydrogen-bond donors (Lipinski definition) is 1. The fourth-order valence-corrected chi connectivity index (χ4v) is 2.70. The van der Waals surface area contributed by atoms with Gasteiger partial charge in [-0.25, -0.2) is 14.8 Å². The van der Waals surface area contributed by atoms with E-state index >= 15 is 0 Å². The number of hydrogen-bond acceptors (Lipinski definition) is 7. The summed E-state index contributed by atoms with van der Waals surface area (Å²) in [4.78, 5) is 40.0. The smallest absolute Gasteiger partial charge is 0.409 e. The average Bonchev–Trinajstić information content (AvgIpc) is 2.73. The van der Waals surface area contributed by atoms with E-state index in [4.69, 9.17) is 4.74 Å². The first-order chi connectivity index (χ1) is 13.2. The highest BCUT2D eigenvalue weighted by Gasteiger charge is 2.25. The molecule has 2 amide bonds. The first kappa shape index (κ1) is 18.6. The quantitative estimate of drug-likeness (QED) is 0.849. The summed E-state index contributed by atoms with van der Waals surface area (Å²) in [7, 11) is 0. The Morgan fingerprint density at radius 2 is 1.70 bits per heavy atom. The molecule has 142 valence electrons. The molecule has 2 aromatic rings. The van der Waals surface area contributed by atoms with Crippen molar-refractivity contribution < 1.29 is 14.3 Å². The van der Waals surface area contributed by atoms with Crippen molar-refractivity contribution in [3.05, 3.63) is 48.0 Å². The van der Waals surface area contributed by atoms with Crippen LogP contribution in [0.1, 0.15) is 22.8 Å². The van der Waals surface area contributed by atoms with Crippen LogP contribution in [-0.4, -0.2) is 69.5 Å². The number of carbonyl (C=O) groups is 2. The van der Waals surface area contributed by atoms with Crippen molar-refractivity contribution in [1.82, 2.24) is 24.8 Å². The van der Waals surface area contributed by atoms with Crippen LogP contribution >= 0.6 is 0 Å². The van der Waals surface area contributed by atoms with Crippen LogP contribution in [0.2, 0.25) is 0 Å². The zero-order valence-electron chi connectivity index (χ0n) is 15.2. The lowest BCUT2D eigenvalue weighted by atomic mass is 10.2. The van der Waals surface area contributed by atoms with Gasteiger partial charge >= 0.3 is 6.09 Å². The third-order valence-corrected chi connectivity index (χ3v) is 4.19. The molecule has 3 heterocycles. The van der Waals surface area contributed by atoms with Crippen LogP contribution in [-0.2, 0) is 11.3 Å². The molecular weight excluding hydrogens is 348 g/mol. The molecular formula is C18H22N6O3. The minimum atomic E-state index is -0.336. The van der Waals surface area contributed by atoms with Gasteiger partial charge < -0.3 is 19.9 Å². The topological polar surface area (TPSA) is 101 Å². The van der Waals surface area contributed by atoms with Crippen molar-refractivity contribution in [2.24, 2.45) is 0 Å². The van der Waals surface area contributed by atoms with E-state index in [1.165, 1.54) is 12.4 Å². The van der Waals surface area contributed by atoms with Crippen molar-refractivity contribution in [3.63, 3.8) is 0 Å². The van der Waals surface area contributed by atoms with Gasteiger partial charge in [0.15, 0.2) is 0 Å². The monoisotopic (exact) mass is 370 g/mol. The molecule has 3 rings (SSSR count). The third-order valence-electron chi connectivity index (χ3n) is 4.19. The molecule has 1 aliphatic heterocycles. The van der Waals surface area contributed by atoms with E-state index in [0.29, 0.717) is 50.8 Å². The van der Waals surface area contributed by atoms with Crippen molar-refractivity contribution in [3.8, 4) is 0 Å². The van der Waals surface area contributed by atoms with E-state index in [0.717, 1.165) is 5.56 Å². The lowest BCUT2D eigenvalue weighted by Crippen LogP contribution is -2.50. The molecule has 1 N–H and O–H groups in total. The van der Waals surface area contributed by atoms with Crippen LogP contribution in [0.3, 0.4) is 0 Å². The second kappa shape index (κ2) is 8.93. The minimum absolute atomic E-state index is 0.140. The molecule has 1 fully saturated rings. The summed E-state index contributed by atoms with van der Waals surface area (Å²) >= 11 is 0. The summed E-state index contributed by atoms with van der Waals surface area (Å²) in [5.41, 5.74) is 1.49. The Morgan fingerprint density at radius 1 is 1.07 bits per heavy atom. The normalized spacial score (nSPS) is 14.0. The van der Waals surface area contributed by atoms with E-state index in [1.807, 2.05) is 12.1 Å². The number of nitrogens with one attached hydrogen (secondary N) is 1. The van der Waals surface area contributed by atoms with E-state index in [-0.39, 0.29) is 12.0 Å². The summed E-state index contributed by atoms with van der Waals surface area (Å²) in [5.74, 6) is 0.315. The molecule has 0 aliphatic carbocycles. The molecule has 0 unspecified atom stereocenters. The van der Waals surface area contributed by atoms with E-state index in [2.05, 4.69) is 20.3 Å². The highest BCUT2D eigenvalue weighted by Crippen LogP contribution is 2.10. The molecule has 0 saturated carbocycles. The van der Waals surface area contributed by atoms with Crippen molar-refractivity contribution >= 4 is 17.9 Å². The van der Waals surface area contributed by atoms with E-state index < -0.39 is 0 Å². The molecule has 0 atom stereocenters. The summed E-state index contributed by atoms with van der Waals surface area (Å²) in [6, 6.07) is 3.81. The zero-order valence-corrected chi connectivity index (χ0v) is 15.2. The molecule has 0 aromatic carbocycles. The van der Waals surface area contributed by atoms with Gasteiger partial charge in [0.05, 0.1) is 12.2 Å². The fourth-order valence-electron chi connectivity index (χ4n) is 2.70. The maximum Gasteiger partial charge on any atom is 0.409 e. The van der Waals surface area contributed by atoms with Crippen LogP contribution in [0.15, 0.2) is 36.9 Å². The zero-order chi connectivity index (χ0) is 19.1. The maximum atomic E-state index is 12.6. The standard InChI is InChI=1S/C18H22N6O3/c1-2-27-18(26)24-9-7-23(8-10-24)16(25)15-12-21-17(22-13-15)20-11-14-3-5-19-6-4-14/h3-6,12-13H,2,7-11H2,1H3,(H,20,21,22). The van der Waals surface area contributed by atoms with Crippen molar-refractivity contribution in [1.29, 1.82) is 0 Å². The number of pyridine rings is 1. The van der Waals surface area contributed by atoms with Gasteiger partial charge in [0.25, 0.3) is 5.91 Å². The Hall–Kier alpha value is -3.23. The Balaban J connectivity index is 1.51. The van der Waals surface area contributed by atoms with Crippen LogP contribution < -0.4 is 5.32 Å². The molecule has 1 aliphatic rings. The summed E-state index contributed by atoms with van der Waals surface area (Å²) in [6.07, 6.45) is 6.14. The lowest BCUT2D eigenvalue weighted by Gasteiger charge is -2.33. The van der Waals surface area contributed by atoms with Gasteiger partial charge in [0.2, 0.25) is 5.95 Å². The van der Waals surface area contributed by atoms with Crippen LogP contribution in [0.25, 0.3) is 0 Å². The third kappa shape index (κ3) is 4.90. The Morgan fingerprint density at radius 3 is 2.33 bits per heavy atom.